The number of likely N-dealkylation sites (N-methyl/N-ethyl adjacent to an activating group) is 1. The van der Waals surface area contributed by atoms with Crippen molar-refractivity contribution in [2.75, 3.05) is 26.7 Å². The highest BCUT2D eigenvalue weighted by Gasteiger charge is 2.33. The Hall–Kier alpha value is -2.67. The number of benzene rings is 2. The highest BCUT2D eigenvalue weighted by Crippen LogP contribution is 2.28. The van der Waals surface area contributed by atoms with E-state index in [4.69, 9.17) is 16.3 Å². The van der Waals surface area contributed by atoms with Crippen LogP contribution in [0.4, 0.5) is 8.78 Å². The predicted molar refractivity (Wildman–Crippen MR) is 123 cm³/mol. The first kappa shape index (κ1) is 25.0. The summed E-state index contributed by atoms with van der Waals surface area (Å²) in [5.74, 6) is -0.706. The van der Waals surface area contributed by atoms with Gasteiger partial charge in [0.25, 0.3) is 5.91 Å². The van der Waals surface area contributed by atoms with Crippen LogP contribution in [0.5, 0.6) is 5.75 Å². The minimum Gasteiger partial charge on any atom is -0.484 e. The Morgan fingerprint density at radius 2 is 1.82 bits per heavy atom. The van der Waals surface area contributed by atoms with Crippen molar-refractivity contribution in [3.63, 3.8) is 0 Å². The molecule has 1 saturated heterocycles. The van der Waals surface area contributed by atoms with Gasteiger partial charge in [0.1, 0.15) is 17.4 Å². The van der Waals surface area contributed by atoms with E-state index in [1.54, 1.807) is 48.0 Å². The minimum absolute atomic E-state index is 0.0302. The third kappa shape index (κ3) is 6.67. The van der Waals surface area contributed by atoms with Crippen LogP contribution in [0.2, 0.25) is 5.02 Å². The molecule has 8 heteroatoms. The first-order valence-corrected chi connectivity index (χ1v) is 11.5. The van der Waals surface area contributed by atoms with E-state index in [1.807, 2.05) is 0 Å². The number of ether oxygens (including phenoxy) is 1. The average molecular weight is 479 g/mol. The maximum Gasteiger partial charge on any atom is 0.260 e. The van der Waals surface area contributed by atoms with Crippen LogP contribution in [0.25, 0.3) is 0 Å². The normalized spacial score (nSPS) is 15.2. The van der Waals surface area contributed by atoms with Gasteiger partial charge in [-0.05, 0) is 61.1 Å². The molecular formula is C25H29ClF2N2O3. The zero-order chi connectivity index (χ0) is 24.0. The summed E-state index contributed by atoms with van der Waals surface area (Å²) in [6.07, 6.45) is 2.01. The third-order valence-electron chi connectivity index (χ3n) is 6.25. The molecule has 1 aliphatic rings. The van der Waals surface area contributed by atoms with Crippen LogP contribution in [-0.2, 0) is 16.0 Å². The van der Waals surface area contributed by atoms with E-state index >= 15 is 0 Å². The summed E-state index contributed by atoms with van der Waals surface area (Å²) in [7, 11) is 1.73. The van der Waals surface area contributed by atoms with Gasteiger partial charge in [-0.1, -0.05) is 24.6 Å². The van der Waals surface area contributed by atoms with Gasteiger partial charge in [-0.25, -0.2) is 8.78 Å². The van der Waals surface area contributed by atoms with Crippen LogP contribution in [0, 0.1) is 17.6 Å². The SMILES string of the molecule is CCC(=O)N(C)[C@H](Cc1ccc(F)cc1F)C1CCN(C(=O)COc2ccc(Cl)cc2)CC1. The molecule has 2 amide bonds. The molecule has 1 atom stereocenters. The van der Waals surface area contributed by atoms with Gasteiger partial charge >= 0.3 is 0 Å². The quantitative estimate of drug-likeness (QED) is 0.552. The largest absolute Gasteiger partial charge is 0.484 e. The van der Waals surface area contributed by atoms with Gasteiger partial charge in [-0.3, -0.25) is 9.59 Å². The molecule has 1 heterocycles. The van der Waals surface area contributed by atoms with Gasteiger partial charge in [0.05, 0.1) is 0 Å². The average Bonchev–Trinajstić information content (AvgIpc) is 2.82. The van der Waals surface area contributed by atoms with Crippen molar-refractivity contribution in [1.82, 2.24) is 9.80 Å². The number of carbonyl (C=O) groups is 2. The first-order chi connectivity index (χ1) is 15.8. The van der Waals surface area contributed by atoms with Crippen LogP contribution >= 0.6 is 11.6 Å². The Labute approximate surface area is 198 Å². The molecule has 2 aromatic rings. The Kier molecular flexibility index (Phi) is 8.67. The van der Waals surface area contributed by atoms with Crippen LogP contribution < -0.4 is 4.74 Å². The molecule has 0 unspecified atom stereocenters. The fraction of sp³-hybridized carbons (Fsp3) is 0.440. The molecule has 0 aromatic heterocycles. The van der Waals surface area contributed by atoms with Crippen LogP contribution in [0.1, 0.15) is 31.7 Å². The molecule has 2 aromatic carbocycles. The Bertz CT molecular complexity index is 963. The molecule has 0 aliphatic carbocycles. The Morgan fingerprint density at radius 1 is 1.15 bits per heavy atom. The van der Waals surface area contributed by atoms with Gasteiger partial charge in [0.15, 0.2) is 6.61 Å². The monoisotopic (exact) mass is 478 g/mol. The number of halogens is 3. The number of rotatable bonds is 8. The molecule has 1 aliphatic heterocycles. The van der Waals surface area contributed by atoms with Gasteiger partial charge in [-0.2, -0.15) is 0 Å². The zero-order valence-electron chi connectivity index (χ0n) is 18.9. The molecule has 0 spiro atoms. The van der Waals surface area contributed by atoms with Crippen molar-refractivity contribution in [1.29, 1.82) is 0 Å². The van der Waals surface area contributed by atoms with E-state index in [2.05, 4.69) is 0 Å². The Balaban J connectivity index is 1.61. The molecule has 0 radical (unpaired) electrons. The second-order valence-electron chi connectivity index (χ2n) is 8.33. The number of piperidine rings is 1. The smallest absolute Gasteiger partial charge is 0.260 e. The molecule has 1 fully saturated rings. The number of likely N-dealkylation sites (tertiary alicyclic amines) is 1. The lowest BCUT2D eigenvalue weighted by atomic mass is 9.84. The lowest BCUT2D eigenvalue weighted by molar-refractivity contribution is -0.137. The topological polar surface area (TPSA) is 49.9 Å². The molecule has 0 N–H and O–H groups in total. The number of hydrogen-bond donors (Lipinski definition) is 0. The van der Waals surface area contributed by atoms with Crippen LogP contribution in [0.15, 0.2) is 42.5 Å². The summed E-state index contributed by atoms with van der Waals surface area (Å²) < 4.78 is 33.2. The second-order valence-corrected chi connectivity index (χ2v) is 8.76. The van der Waals surface area contributed by atoms with E-state index in [9.17, 15) is 18.4 Å². The number of nitrogens with zero attached hydrogens (tertiary/aromatic N) is 2. The first-order valence-electron chi connectivity index (χ1n) is 11.1. The van der Waals surface area contributed by atoms with E-state index in [-0.39, 0.29) is 30.4 Å². The molecular weight excluding hydrogens is 450 g/mol. The number of amides is 2. The predicted octanol–water partition coefficient (Wildman–Crippen LogP) is 4.72. The van der Waals surface area contributed by atoms with E-state index in [0.29, 0.717) is 55.1 Å². The lowest BCUT2D eigenvalue weighted by Crippen LogP contribution is -2.49. The summed E-state index contributed by atoms with van der Waals surface area (Å²) in [6.45, 7) is 2.79. The van der Waals surface area contributed by atoms with Crippen molar-refractivity contribution in [2.24, 2.45) is 5.92 Å². The minimum atomic E-state index is -0.626. The highest BCUT2D eigenvalue weighted by atomic mass is 35.5. The lowest BCUT2D eigenvalue weighted by Gasteiger charge is -2.40. The van der Waals surface area contributed by atoms with Crippen LogP contribution in [-0.4, -0.2) is 54.4 Å². The van der Waals surface area contributed by atoms with Gasteiger partial charge in [0.2, 0.25) is 5.91 Å². The molecule has 5 nitrogen and oxygen atoms in total. The second kappa shape index (κ2) is 11.5. The molecule has 3 rings (SSSR count). The summed E-state index contributed by atoms with van der Waals surface area (Å²) >= 11 is 5.86. The molecule has 178 valence electrons. The van der Waals surface area contributed by atoms with Gasteiger partial charge in [0, 0.05) is 43.7 Å². The van der Waals surface area contributed by atoms with Crippen molar-refractivity contribution in [3.8, 4) is 5.75 Å². The summed E-state index contributed by atoms with van der Waals surface area (Å²) in [4.78, 5) is 28.4. The van der Waals surface area contributed by atoms with Crippen molar-refractivity contribution >= 4 is 23.4 Å². The maximum atomic E-state index is 14.3. The highest BCUT2D eigenvalue weighted by molar-refractivity contribution is 6.30. The fourth-order valence-electron chi connectivity index (χ4n) is 4.27. The van der Waals surface area contributed by atoms with E-state index in [0.717, 1.165) is 6.07 Å². The van der Waals surface area contributed by atoms with E-state index < -0.39 is 11.6 Å². The van der Waals surface area contributed by atoms with Crippen molar-refractivity contribution in [3.05, 3.63) is 64.7 Å². The van der Waals surface area contributed by atoms with Gasteiger partial charge < -0.3 is 14.5 Å². The Morgan fingerprint density at radius 3 is 2.42 bits per heavy atom. The molecule has 33 heavy (non-hydrogen) atoms. The van der Waals surface area contributed by atoms with Gasteiger partial charge in [-0.15, -0.1) is 0 Å². The zero-order valence-corrected chi connectivity index (χ0v) is 19.7. The summed E-state index contributed by atoms with van der Waals surface area (Å²) in [5, 5.41) is 0.595. The molecule has 0 bridgehead atoms. The third-order valence-corrected chi connectivity index (χ3v) is 6.50. The summed E-state index contributed by atoms with van der Waals surface area (Å²) in [5.41, 5.74) is 0.382. The summed E-state index contributed by atoms with van der Waals surface area (Å²) in [6, 6.07) is 10.1. The molecule has 0 saturated carbocycles. The standard InChI is InChI=1S/C25H29ClF2N2O3/c1-3-24(31)29(2)23(14-18-4-7-20(27)15-22(18)28)17-10-12-30(13-11-17)25(32)16-33-21-8-5-19(26)6-9-21/h4-9,15,17,23H,3,10-14,16H2,1-2H3/t23-/m1/s1. The fourth-order valence-corrected chi connectivity index (χ4v) is 4.39. The maximum absolute atomic E-state index is 14.3. The van der Waals surface area contributed by atoms with Crippen LogP contribution in [0.3, 0.4) is 0 Å². The van der Waals surface area contributed by atoms with E-state index in [1.165, 1.54) is 12.1 Å². The van der Waals surface area contributed by atoms with Crippen molar-refractivity contribution < 1.29 is 23.1 Å². The number of hydrogen-bond acceptors (Lipinski definition) is 3. The number of carbonyl (C=O) groups excluding carboxylic acids is 2. The van der Waals surface area contributed by atoms with Crippen molar-refractivity contribution in [2.45, 2.75) is 38.6 Å².